The van der Waals surface area contributed by atoms with Gasteiger partial charge in [0.05, 0.1) is 5.56 Å². The van der Waals surface area contributed by atoms with Gasteiger partial charge in [0.25, 0.3) is 0 Å². The van der Waals surface area contributed by atoms with Crippen molar-refractivity contribution in [3.63, 3.8) is 0 Å². The number of hydrogen-bond acceptors (Lipinski definition) is 3. The van der Waals surface area contributed by atoms with E-state index >= 15 is 0 Å². The Balaban J connectivity index is 1.65. The van der Waals surface area contributed by atoms with E-state index in [2.05, 4.69) is 11.9 Å². The van der Waals surface area contributed by atoms with Gasteiger partial charge in [-0.1, -0.05) is 24.6 Å². The molecule has 3 heteroatoms. The van der Waals surface area contributed by atoms with Crippen molar-refractivity contribution in [1.29, 1.82) is 0 Å². The van der Waals surface area contributed by atoms with Crippen molar-refractivity contribution < 1.29 is 9.53 Å². The maximum Gasteiger partial charge on any atom is 0.338 e. The molecule has 0 spiro atoms. The lowest BCUT2D eigenvalue weighted by atomic mass is 9.95. The summed E-state index contributed by atoms with van der Waals surface area (Å²) in [6.45, 7) is 0. The number of carbonyl (C=O) groups excluding carboxylic acids is 1. The van der Waals surface area contributed by atoms with Gasteiger partial charge in [0.15, 0.2) is 0 Å². The van der Waals surface area contributed by atoms with E-state index in [0.717, 1.165) is 19.3 Å². The van der Waals surface area contributed by atoms with Crippen LogP contribution in [-0.2, 0) is 4.74 Å². The number of ether oxygens (including phenoxy) is 1. The largest absolute Gasteiger partial charge is 0.459 e. The van der Waals surface area contributed by atoms with Gasteiger partial charge >= 0.3 is 5.97 Å². The quantitative estimate of drug-likeness (QED) is 0.775. The van der Waals surface area contributed by atoms with E-state index in [9.17, 15) is 4.79 Å². The van der Waals surface area contributed by atoms with Crippen LogP contribution in [0.3, 0.4) is 0 Å². The van der Waals surface area contributed by atoms with Crippen molar-refractivity contribution in [2.24, 2.45) is 0 Å². The number of nitrogens with zero attached hydrogens (tertiary/aromatic N) is 1. The molecule has 1 aromatic carbocycles. The zero-order valence-electron chi connectivity index (χ0n) is 12.1. The monoisotopic (exact) mass is 273 g/mol. The zero-order chi connectivity index (χ0) is 13.9. The second kappa shape index (κ2) is 5.96. The first-order valence-electron chi connectivity index (χ1n) is 7.72. The first-order chi connectivity index (χ1) is 9.74. The van der Waals surface area contributed by atoms with Crippen molar-refractivity contribution in [1.82, 2.24) is 4.90 Å². The van der Waals surface area contributed by atoms with E-state index in [0.29, 0.717) is 17.6 Å². The topological polar surface area (TPSA) is 29.5 Å². The number of piperidine rings is 1. The second-order valence-electron chi connectivity index (χ2n) is 6.11. The Morgan fingerprint density at radius 2 is 1.85 bits per heavy atom. The average molecular weight is 273 g/mol. The predicted molar refractivity (Wildman–Crippen MR) is 78.7 cm³/mol. The molecule has 2 aliphatic rings. The molecule has 2 fully saturated rings. The van der Waals surface area contributed by atoms with Crippen molar-refractivity contribution in [3.05, 3.63) is 35.9 Å². The van der Waals surface area contributed by atoms with Crippen LogP contribution < -0.4 is 0 Å². The van der Waals surface area contributed by atoms with Crippen LogP contribution in [-0.4, -0.2) is 36.1 Å². The van der Waals surface area contributed by atoms with E-state index in [1.807, 2.05) is 30.3 Å². The highest BCUT2D eigenvalue weighted by Crippen LogP contribution is 2.32. The Kier molecular flexibility index (Phi) is 4.06. The van der Waals surface area contributed by atoms with Crippen LogP contribution in [0.25, 0.3) is 0 Å². The van der Waals surface area contributed by atoms with Gasteiger partial charge < -0.3 is 9.64 Å². The lowest BCUT2D eigenvalue weighted by Gasteiger charge is -2.37. The molecule has 0 N–H and O–H groups in total. The third kappa shape index (κ3) is 2.88. The summed E-state index contributed by atoms with van der Waals surface area (Å²) in [5.41, 5.74) is 0.660. The number of carbonyl (C=O) groups is 1. The number of esters is 1. The van der Waals surface area contributed by atoms with Gasteiger partial charge in [-0.15, -0.1) is 0 Å². The first-order valence-corrected chi connectivity index (χ1v) is 7.72. The number of hydrogen-bond donors (Lipinski definition) is 0. The molecule has 0 saturated carbocycles. The SMILES string of the molecule is CN1C2CCCC1CC(OC(=O)c1ccccc1)CC2. The number of benzene rings is 1. The summed E-state index contributed by atoms with van der Waals surface area (Å²) in [6, 6.07) is 10.6. The van der Waals surface area contributed by atoms with Crippen LogP contribution in [0, 0.1) is 0 Å². The Morgan fingerprint density at radius 3 is 2.65 bits per heavy atom. The maximum atomic E-state index is 12.2. The highest BCUT2D eigenvalue weighted by molar-refractivity contribution is 5.89. The molecule has 0 aliphatic carbocycles. The van der Waals surface area contributed by atoms with Gasteiger partial charge in [0, 0.05) is 12.1 Å². The number of rotatable bonds is 2. The van der Waals surface area contributed by atoms with Crippen LogP contribution in [0.15, 0.2) is 30.3 Å². The lowest BCUT2D eigenvalue weighted by molar-refractivity contribution is 0.0224. The molecule has 2 bridgehead atoms. The fourth-order valence-corrected chi connectivity index (χ4v) is 3.63. The zero-order valence-corrected chi connectivity index (χ0v) is 12.1. The molecule has 2 heterocycles. The minimum atomic E-state index is -0.172. The highest BCUT2D eigenvalue weighted by atomic mass is 16.5. The number of fused-ring (bicyclic) bond motifs is 2. The molecule has 108 valence electrons. The Morgan fingerprint density at radius 1 is 1.10 bits per heavy atom. The van der Waals surface area contributed by atoms with E-state index < -0.39 is 0 Å². The summed E-state index contributed by atoms with van der Waals surface area (Å²) >= 11 is 0. The molecule has 3 unspecified atom stereocenters. The van der Waals surface area contributed by atoms with Gasteiger partial charge in [-0.25, -0.2) is 4.79 Å². The van der Waals surface area contributed by atoms with E-state index in [4.69, 9.17) is 4.74 Å². The van der Waals surface area contributed by atoms with Gasteiger partial charge in [-0.2, -0.15) is 0 Å². The predicted octanol–water partition coefficient (Wildman–Crippen LogP) is 3.25. The molecule has 3 rings (SSSR count). The van der Waals surface area contributed by atoms with Gasteiger partial charge in [-0.05, 0) is 51.3 Å². The van der Waals surface area contributed by atoms with Gasteiger partial charge in [0.2, 0.25) is 0 Å². The fourth-order valence-electron chi connectivity index (χ4n) is 3.63. The van der Waals surface area contributed by atoms with Crippen LogP contribution in [0.5, 0.6) is 0 Å². The van der Waals surface area contributed by atoms with Crippen molar-refractivity contribution in [2.45, 2.75) is 56.7 Å². The third-order valence-corrected chi connectivity index (χ3v) is 4.87. The Labute approximate surface area is 120 Å². The van der Waals surface area contributed by atoms with Crippen molar-refractivity contribution in [2.75, 3.05) is 7.05 Å². The highest BCUT2D eigenvalue weighted by Gasteiger charge is 2.34. The molecular formula is C17H23NO2. The first kappa shape index (κ1) is 13.6. The minimum Gasteiger partial charge on any atom is -0.459 e. The third-order valence-electron chi connectivity index (χ3n) is 4.87. The molecule has 2 aliphatic heterocycles. The van der Waals surface area contributed by atoms with Crippen molar-refractivity contribution in [3.8, 4) is 0 Å². The maximum absolute atomic E-state index is 12.2. The summed E-state index contributed by atoms with van der Waals surface area (Å²) in [7, 11) is 2.23. The van der Waals surface area contributed by atoms with Crippen molar-refractivity contribution >= 4 is 5.97 Å². The molecule has 2 saturated heterocycles. The molecule has 0 amide bonds. The molecule has 1 aromatic rings. The molecule has 0 radical (unpaired) electrons. The normalized spacial score (nSPS) is 30.6. The summed E-state index contributed by atoms with van der Waals surface area (Å²) in [5, 5.41) is 0. The summed E-state index contributed by atoms with van der Waals surface area (Å²) in [6.07, 6.45) is 7.09. The Bertz CT molecular complexity index is 459. The molecule has 20 heavy (non-hydrogen) atoms. The van der Waals surface area contributed by atoms with Gasteiger partial charge in [-0.3, -0.25) is 0 Å². The van der Waals surface area contributed by atoms with Gasteiger partial charge in [0.1, 0.15) is 6.10 Å². The summed E-state index contributed by atoms with van der Waals surface area (Å²) in [4.78, 5) is 14.7. The molecule has 0 aromatic heterocycles. The fraction of sp³-hybridized carbons (Fsp3) is 0.588. The minimum absolute atomic E-state index is 0.0817. The lowest BCUT2D eigenvalue weighted by Crippen LogP contribution is -2.42. The Hall–Kier alpha value is -1.35. The van der Waals surface area contributed by atoms with Crippen LogP contribution in [0.4, 0.5) is 0 Å². The van der Waals surface area contributed by atoms with Crippen LogP contribution >= 0.6 is 0 Å². The van der Waals surface area contributed by atoms with Crippen LogP contribution in [0.1, 0.15) is 48.9 Å². The van der Waals surface area contributed by atoms with E-state index in [1.165, 1.54) is 19.3 Å². The van der Waals surface area contributed by atoms with Crippen LogP contribution in [0.2, 0.25) is 0 Å². The molecule has 3 nitrogen and oxygen atoms in total. The second-order valence-corrected chi connectivity index (χ2v) is 6.11. The summed E-state index contributed by atoms with van der Waals surface area (Å²) < 4.78 is 5.75. The van der Waals surface area contributed by atoms with E-state index in [-0.39, 0.29) is 12.1 Å². The standard InChI is InChI=1S/C17H23NO2/c1-18-14-8-5-9-15(18)12-16(11-10-14)20-17(19)13-6-3-2-4-7-13/h2-4,6-7,14-16H,5,8-12H2,1H3. The molecule has 3 atom stereocenters. The smallest absolute Gasteiger partial charge is 0.338 e. The summed E-state index contributed by atoms with van der Waals surface area (Å²) in [5.74, 6) is -0.172. The molecular weight excluding hydrogens is 250 g/mol. The average Bonchev–Trinajstić information content (AvgIpc) is 2.56. The van der Waals surface area contributed by atoms with E-state index in [1.54, 1.807) is 0 Å².